The summed E-state index contributed by atoms with van der Waals surface area (Å²) in [5.41, 5.74) is 4.69. The van der Waals surface area contributed by atoms with E-state index in [1.807, 2.05) is 0 Å². The first-order chi connectivity index (χ1) is 13.6. The van der Waals surface area contributed by atoms with Gasteiger partial charge < -0.3 is 9.33 Å². The van der Waals surface area contributed by atoms with E-state index in [-0.39, 0.29) is 17.2 Å². The predicted octanol–water partition coefficient (Wildman–Crippen LogP) is 6.99. The molecule has 3 heteroatoms. The van der Waals surface area contributed by atoms with Crippen LogP contribution >= 0.6 is 0 Å². The SMILES string of the molecule is C=C(c1ccc(N(C(C)(C)C)C(C)(C)C)cc1)c1ccc([Si](C)(C)OC(C)C)cc1. The van der Waals surface area contributed by atoms with Crippen molar-refractivity contribution in [1.82, 2.24) is 0 Å². The van der Waals surface area contributed by atoms with Crippen molar-refractivity contribution in [2.45, 2.75) is 85.7 Å². The fourth-order valence-electron chi connectivity index (χ4n) is 4.49. The first-order valence-electron chi connectivity index (χ1n) is 11.0. The molecule has 0 N–H and O–H groups in total. The minimum absolute atomic E-state index is 0.0430. The van der Waals surface area contributed by atoms with Gasteiger partial charge in [0.05, 0.1) is 0 Å². The molecule has 0 spiro atoms. The van der Waals surface area contributed by atoms with Crippen LogP contribution in [0.2, 0.25) is 13.1 Å². The molecular weight excluding hydrogens is 382 g/mol. The molecule has 0 aliphatic carbocycles. The molecule has 0 bridgehead atoms. The minimum atomic E-state index is -1.87. The van der Waals surface area contributed by atoms with Crippen molar-refractivity contribution in [3.63, 3.8) is 0 Å². The Balaban J connectivity index is 2.26. The molecule has 2 rings (SSSR count). The third kappa shape index (κ3) is 5.86. The lowest BCUT2D eigenvalue weighted by Gasteiger charge is -2.47. The Morgan fingerprint density at radius 3 is 1.57 bits per heavy atom. The van der Waals surface area contributed by atoms with Crippen molar-refractivity contribution < 1.29 is 4.43 Å². The van der Waals surface area contributed by atoms with Crippen LogP contribution in [0.4, 0.5) is 5.69 Å². The van der Waals surface area contributed by atoms with Gasteiger partial charge in [0.25, 0.3) is 0 Å². The lowest BCUT2D eigenvalue weighted by atomic mass is 9.93. The largest absolute Gasteiger partial charge is 0.411 e. The van der Waals surface area contributed by atoms with E-state index in [1.165, 1.54) is 10.9 Å². The number of benzene rings is 2. The zero-order valence-electron chi connectivity index (χ0n) is 20.8. The summed E-state index contributed by atoms with van der Waals surface area (Å²) in [5, 5.41) is 1.31. The fraction of sp³-hybridized carbons (Fsp3) is 0.481. The Morgan fingerprint density at radius 1 is 0.800 bits per heavy atom. The van der Waals surface area contributed by atoms with Crippen LogP contribution in [-0.2, 0) is 4.43 Å². The van der Waals surface area contributed by atoms with Crippen LogP contribution in [0.15, 0.2) is 55.1 Å². The number of nitrogens with zero attached hydrogens (tertiary/aromatic N) is 1. The number of anilines is 1. The summed E-state index contributed by atoms with van der Waals surface area (Å²) in [7, 11) is -1.87. The molecule has 0 saturated heterocycles. The predicted molar refractivity (Wildman–Crippen MR) is 136 cm³/mol. The highest BCUT2D eigenvalue weighted by Gasteiger charge is 2.31. The summed E-state index contributed by atoms with van der Waals surface area (Å²) in [5.74, 6) is 0. The first kappa shape index (κ1) is 24.4. The summed E-state index contributed by atoms with van der Waals surface area (Å²) in [4.78, 5) is 2.47. The summed E-state index contributed by atoms with van der Waals surface area (Å²) in [6, 6.07) is 17.6. The molecule has 2 nitrogen and oxygen atoms in total. The van der Waals surface area contributed by atoms with E-state index in [2.05, 4.69) is 128 Å². The number of rotatable bonds is 6. The van der Waals surface area contributed by atoms with Crippen LogP contribution in [0.3, 0.4) is 0 Å². The smallest absolute Gasteiger partial charge is 0.218 e. The molecule has 0 fully saturated rings. The lowest BCUT2D eigenvalue weighted by Crippen LogP contribution is -2.53. The molecule has 0 saturated carbocycles. The van der Waals surface area contributed by atoms with Crippen LogP contribution in [0.1, 0.15) is 66.5 Å². The van der Waals surface area contributed by atoms with Gasteiger partial charge in [-0.1, -0.05) is 43.0 Å². The average molecular weight is 424 g/mol. The number of hydrogen-bond donors (Lipinski definition) is 0. The second-order valence-corrected chi connectivity index (χ2v) is 14.8. The molecule has 30 heavy (non-hydrogen) atoms. The third-order valence-corrected chi connectivity index (χ3v) is 8.06. The standard InChI is InChI=1S/C27H41NOSi/c1-20(2)29-30(10,11)25-18-14-23(15-19-25)21(3)22-12-16-24(17-13-22)28(26(4,5)6)27(7,8)9/h12-20H,3H2,1-2,4-11H3. The van der Waals surface area contributed by atoms with Crippen molar-refractivity contribution in [2.75, 3.05) is 4.90 Å². The van der Waals surface area contributed by atoms with E-state index in [0.717, 1.165) is 16.7 Å². The number of hydrogen-bond acceptors (Lipinski definition) is 2. The maximum absolute atomic E-state index is 6.21. The van der Waals surface area contributed by atoms with Crippen LogP contribution in [0.5, 0.6) is 0 Å². The van der Waals surface area contributed by atoms with Gasteiger partial charge in [-0.05, 0) is 103 Å². The Hall–Kier alpha value is -1.84. The molecule has 164 valence electrons. The lowest BCUT2D eigenvalue weighted by molar-refractivity contribution is 0.238. The van der Waals surface area contributed by atoms with Crippen molar-refractivity contribution >= 4 is 24.8 Å². The highest BCUT2D eigenvalue weighted by Crippen LogP contribution is 2.33. The van der Waals surface area contributed by atoms with E-state index < -0.39 is 8.32 Å². The zero-order valence-corrected chi connectivity index (χ0v) is 21.8. The van der Waals surface area contributed by atoms with Crippen molar-refractivity contribution in [2.24, 2.45) is 0 Å². The van der Waals surface area contributed by atoms with Gasteiger partial charge in [0.15, 0.2) is 0 Å². The van der Waals surface area contributed by atoms with Crippen LogP contribution in [-0.4, -0.2) is 25.5 Å². The Morgan fingerprint density at radius 2 is 1.20 bits per heavy atom. The van der Waals surface area contributed by atoms with Gasteiger partial charge in [0.1, 0.15) is 0 Å². The van der Waals surface area contributed by atoms with Crippen LogP contribution in [0, 0.1) is 0 Å². The van der Waals surface area contributed by atoms with Crippen molar-refractivity contribution in [3.8, 4) is 0 Å². The molecule has 0 aliphatic heterocycles. The van der Waals surface area contributed by atoms with Crippen molar-refractivity contribution in [1.29, 1.82) is 0 Å². The highest BCUT2D eigenvalue weighted by molar-refractivity contribution is 6.84. The summed E-state index contributed by atoms with van der Waals surface area (Å²) >= 11 is 0. The van der Waals surface area contributed by atoms with Gasteiger partial charge in [-0.2, -0.15) is 0 Å². The zero-order chi connectivity index (χ0) is 22.9. The van der Waals surface area contributed by atoms with Gasteiger partial charge in [-0.3, -0.25) is 0 Å². The Bertz CT molecular complexity index is 836. The molecular formula is C27H41NOSi. The monoisotopic (exact) mass is 423 g/mol. The topological polar surface area (TPSA) is 12.5 Å². The molecule has 0 heterocycles. The quantitative estimate of drug-likeness (QED) is 0.464. The third-order valence-electron chi connectivity index (χ3n) is 5.27. The van der Waals surface area contributed by atoms with Gasteiger partial charge in [-0.15, -0.1) is 0 Å². The van der Waals surface area contributed by atoms with Gasteiger partial charge in [-0.25, -0.2) is 0 Å². The highest BCUT2D eigenvalue weighted by atomic mass is 28.4. The summed E-state index contributed by atoms with van der Waals surface area (Å²) in [6.45, 7) is 26.7. The minimum Gasteiger partial charge on any atom is -0.411 e. The summed E-state index contributed by atoms with van der Waals surface area (Å²) in [6.07, 6.45) is 0.251. The second kappa shape index (κ2) is 8.72. The fourth-order valence-corrected chi connectivity index (χ4v) is 6.77. The van der Waals surface area contributed by atoms with Crippen LogP contribution < -0.4 is 10.1 Å². The normalized spacial score (nSPS) is 12.9. The molecule has 0 unspecified atom stereocenters. The summed E-state index contributed by atoms with van der Waals surface area (Å²) < 4.78 is 6.21. The average Bonchev–Trinajstić information content (AvgIpc) is 2.58. The molecule has 0 radical (unpaired) electrons. The molecule has 0 amide bonds. The first-order valence-corrected chi connectivity index (χ1v) is 13.9. The van der Waals surface area contributed by atoms with E-state index in [1.54, 1.807) is 0 Å². The maximum Gasteiger partial charge on any atom is 0.218 e. The Kier molecular flexibility index (Phi) is 7.10. The van der Waals surface area contributed by atoms with E-state index in [4.69, 9.17) is 4.43 Å². The van der Waals surface area contributed by atoms with Crippen molar-refractivity contribution in [3.05, 3.63) is 66.2 Å². The van der Waals surface area contributed by atoms with Crippen LogP contribution in [0.25, 0.3) is 5.57 Å². The van der Waals surface area contributed by atoms with Gasteiger partial charge >= 0.3 is 0 Å². The van der Waals surface area contributed by atoms with E-state index >= 15 is 0 Å². The molecule has 2 aromatic carbocycles. The Labute approximate surface area is 186 Å². The van der Waals surface area contributed by atoms with Gasteiger partial charge in [0.2, 0.25) is 8.32 Å². The molecule has 2 aromatic rings. The second-order valence-electron chi connectivity index (χ2n) is 11.0. The maximum atomic E-state index is 6.21. The van der Waals surface area contributed by atoms with Gasteiger partial charge in [0, 0.05) is 22.9 Å². The van der Waals surface area contributed by atoms with E-state index in [0.29, 0.717) is 0 Å². The molecule has 0 atom stereocenters. The molecule has 0 aliphatic rings. The molecule has 0 aromatic heterocycles. The van der Waals surface area contributed by atoms with E-state index in [9.17, 15) is 0 Å².